The molecule has 1 amide bonds. The van der Waals surface area contributed by atoms with Gasteiger partial charge in [-0.15, -0.1) is 0 Å². The highest BCUT2D eigenvalue weighted by Crippen LogP contribution is 2.12. The van der Waals surface area contributed by atoms with Gasteiger partial charge in [0, 0.05) is 18.5 Å². The van der Waals surface area contributed by atoms with Crippen LogP contribution < -0.4 is 5.73 Å². The van der Waals surface area contributed by atoms with Crippen LogP contribution in [0.15, 0.2) is 0 Å². The molecular formula is C10H20N2O2. The van der Waals surface area contributed by atoms with Crippen LogP contribution in [0.5, 0.6) is 0 Å². The van der Waals surface area contributed by atoms with Crippen molar-refractivity contribution in [3.8, 4) is 0 Å². The maximum Gasteiger partial charge on any atom is 0.224 e. The van der Waals surface area contributed by atoms with Crippen LogP contribution in [-0.4, -0.2) is 42.1 Å². The first-order chi connectivity index (χ1) is 6.40. The van der Waals surface area contributed by atoms with Crippen molar-refractivity contribution in [1.29, 1.82) is 0 Å². The second-order valence-electron chi connectivity index (χ2n) is 4.68. The molecule has 0 aromatic carbocycles. The Morgan fingerprint density at radius 1 is 1.64 bits per heavy atom. The molecule has 1 aliphatic heterocycles. The Kier molecular flexibility index (Phi) is 3.50. The fourth-order valence-electron chi connectivity index (χ4n) is 1.59. The largest absolute Gasteiger partial charge is 0.377 e. The van der Waals surface area contributed by atoms with Crippen LogP contribution in [0.3, 0.4) is 0 Å². The van der Waals surface area contributed by atoms with Crippen molar-refractivity contribution < 1.29 is 9.53 Å². The molecule has 1 heterocycles. The van der Waals surface area contributed by atoms with Gasteiger partial charge in [-0.05, 0) is 20.8 Å². The highest BCUT2D eigenvalue weighted by molar-refractivity contribution is 5.77. The molecule has 1 unspecified atom stereocenters. The van der Waals surface area contributed by atoms with Crippen LogP contribution in [0.2, 0.25) is 0 Å². The molecule has 1 fully saturated rings. The van der Waals surface area contributed by atoms with Crippen molar-refractivity contribution >= 4 is 5.91 Å². The van der Waals surface area contributed by atoms with E-state index in [9.17, 15) is 4.79 Å². The predicted octanol–water partition coefficient (Wildman–Crippen LogP) is 0.361. The SMILES string of the molecule is CC1COCCN1C(=O)CC(C)(C)N. The number of carbonyl (C=O) groups is 1. The standard InChI is InChI=1S/C10H20N2O2/c1-8-7-14-5-4-12(8)9(13)6-10(2,3)11/h8H,4-7,11H2,1-3H3. The van der Waals surface area contributed by atoms with E-state index in [1.165, 1.54) is 0 Å². The molecule has 0 radical (unpaired) electrons. The minimum Gasteiger partial charge on any atom is -0.377 e. The van der Waals surface area contributed by atoms with Gasteiger partial charge < -0.3 is 15.4 Å². The lowest BCUT2D eigenvalue weighted by Gasteiger charge is -2.35. The normalized spacial score (nSPS) is 23.7. The molecule has 14 heavy (non-hydrogen) atoms. The van der Waals surface area contributed by atoms with Crippen LogP contribution in [0.25, 0.3) is 0 Å². The van der Waals surface area contributed by atoms with E-state index in [1.807, 2.05) is 25.7 Å². The van der Waals surface area contributed by atoms with Gasteiger partial charge in [-0.1, -0.05) is 0 Å². The molecule has 1 aliphatic rings. The van der Waals surface area contributed by atoms with Gasteiger partial charge in [-0.25, -0.2) is 0 Å². The van der Waals surface area contributed by atoms with Crippen LogP contribution in [-0.2, 0) is 9.53 Å². The van der Waals surface area contributed by atoms with E-state index in [4.69, 9.17) is 10.5 Å². The van der Waals surface area contributed by atoms with E-state index >= 15 is 0 Å². The molecule has 0 spiro atoms. The second kappa shape index (κ2) is 4.28. The van der Waals surface area contributed by atoms with Gasteiger partial charge in [0.25, 0.3) is 0 Å². The zero-order chi connectivity index (χ0) is 10.8. The first-order valence-electron chi connectivity index (χ1n) is 5.06. The topological polar surface area (TPSA) is 55.6 Å². The first-order valence-corrected chi connectivity index (χ1v) is 5.06. The molecule has 82 valence electrons. The average molecular weight is 200 g/mol. The second-order valence-corrected chi connectivity index (χ2v) is 4.68. The Bertz CT molecular complexity index is 211. The summed E-state index contributed by atoms with van der Waals surface area (Å²) in [5, 5.41) is 0. The number of amides is 1. The van der Waals surface area contributed by atoms with E-state index in [0.717, 1.165) is 0 Å². The van der Waals surface area contributed by atoms with Gasteiger partial charge in [0.2, 0.25) is 5.91 Å². The van der Waals surface area contributed by atoms with Gasteiger partial charge in [0.1, 0.15) is 0 Å². The maximum absolute atomic E-state index is 11.8. The summed E-state index contributed by atoms with van der Waals surface area (Å²) in [4.78, 5) is 13.7. The third-order valence-corrected chi connectivity index (χ3v) is 2.29. The van der Waals surface area contributed by atoms with Crippen LogP contribution in [0.1, 0.15) is 27.2 Å². The van der Waals surface area contributed by atoms with Gasteiger partial charge in [-0.3, -0.25) is 4.79 Å². The van der Waals surface area contributed by atoms with E-state index in [2.05, 4.69) is 0 Å². The van der Waals surface area contributed by atoms with Crippen LogP contribution >= 0.6 is 0 Å². The number of rotatable bonds is 2. The first kappa shape index (κ1) is 11.5. The van der Waals surface area contributed by atoms with E-state index in [-0.39, 0.29) is 11.9 Å². The quantitative estimate of drug-likeness (QED) is 0.700. The van der Waals surface area contributed by atoms with E-state index < -0.39 is 5.54 Å². The highest BCUT2D eigenvalue weighted by Gasteiger charge is 2.26. The molecule has 0 aliphatic carbocycles. The van der Waals surface area contributed by atoms with E-state index in [0.29, 0.717) is 26.2 Å². The smallest absolute Gasteiger partial charge is 0.224 e. The zero-order valence-electron chi connectivity index (χ0n) is 9.25. The Balaban J connectivity index is 2.50. The molecule has 0 saturated carbocycles. The Hall–Kier alpha value is -0.610. The lowest BCUT2D eigenvalue weighted by Crippen LogP contribution is -2.50. The lowest BCUT2D eigenvalue weighted by molar-refractivity contribution is -0.140. The number of carbonyl (C=O) groups excluding carboxylic acids is 1. The molecule has 0 aromatic rings. The number of ether oxygens (including phenoxy) is 1. The van der Waals surface area contributed by atoms with Gasteiger partial charge in [-0.2, -0.15) is 0 Å². The summed E-state index contributed by atoms with van der Waals surface area (Å²) < 4.78 is 5.27. The van der Waals surface area contributed by atoms with Crippen molar-refractivity contribution in [1.82, 2.24) is 4.90 Å². The molecule has 1 atom stereocenters. The summed E-state index contributed by atoms with van der Waals surface area (Å²) in [5.74, 6) is 0.133. The number of nitrogens with zero attached hydrogens (tertiary/aromatic N) is 1. The minimum atomic E-state index is -0.422. The summed E-state index contributed by atoms with van der Waals surface area (Å²) in [6.07, 6.45) is 0.400. The fourth-order valence-corrected chi connectivity index (χ4v) is 1.59. The van der Waals surface area contributed by atoms with Crippen LogP contribution in [0.4, 0.5) is 0 Å². The molecule has 0 bridgehead atoms. The monoisotopic (exact) mass is 200 g/mol. The average Bonchev–Trinajstić information content (AvgIpc) is 2.01. The third kappa shape index (κ3) is 3.27. The Morgan fingerprint density at radius 3 is 2.79 bits per heavy atom. The summed E-state index contributed by atoms with van der Waals surface area (Å²) in [6, 6.07) is 0.179. The fraction of sp³-hybridized carbons (Fsp3) is 0.900. The minimum absolute atomic E-state index is 0.133. The maximum atomic E-state index is 11.8. The predicted molar refractivity (Wildman–Crippen MR) is 54.9 cm³/mol. The number of nitrogens with two attached hydrogens (primary N) is 1. The number of hydrogen-bond acceptors (Lipinski definition) is 3. The molecule has 4 nitrogen and oxygen atoms in total. The summed E-state index contributed by atoms with van der Waals surface area (Å²) in [6.45, 7) is 7.71. The molecule has 2 N–H and O–H groups in total. The Labute approximate surface area is 85.4 Å². The summed E-state index contributed by atoms with van der Waals surface area (Å²) >= 11 is 0. The van der Waals surface area contributed by atoms with Crippen molar-refractivity contribution in [2.24, 2.45) is 5.73 Å². The van der Waals surface area contributed by atoms with Crippen molar-refractivity contribution in [2.75, 3.05) is 19.8 Å². The van der Waals surface area contributed by atoms with Crippen LogP contribution in [0, 0.1) is 0 Å². The summed E-state index contributed by atoms with van der Waals surface area (Å²) in [7, 11) is 0. The molecule has 1 saturated heterocycles. The molecule has 0 aromatic heterocycles. The van der Waals surface area contributed by atoms with Gasteiger partial charge in [0.15, 0.2) is 0 Å². The highest BCUT2D eigenvalue weighted by atomic mass is 16.5. The van der Waals surface area contributed by atoms with Gasteiger partial charge >= 0.3 is 0 Å². The molecule has 4 heteroatoms. The lowest BCUT2D eigenvalue weighted by atomic mass is 10.0. The van der Waals surface area contributed by atoms with Crippen molar-refractivity contribution in [2.45, 2.75) is 38.8 Å². The van der Waals surface area contributed by atoms with Crippen molar-refractivity contribution in [3.05, 3.63) is 0 Å². The number of hydrogen-bond donors (Lipinski definition) is 1. The molecule has 1 rings (SSSR count). The van der Waals surface area contributed by atoms with E-state index in [1.54, 1.807) is 0 Å². The third-order valence-electron chi connectivity index (χ3n) is 2.29. The molecular weight excluding hydrogens is 180 g/mol. The number of morpholine rings is 1. The van der Waals surface area contributed by atoms with Crippen molar-refractivity contribution in [3.63, 3.8) is 0 Å². The summed E-state index contributed by atoms with van der Waals surface area (Å²) in [5.41, 5.74) is 5.39. The van der Waals surface area contributed by atoms with Gasteiger partial charge in [0.05, 0.1) is 19.3 Å². The zero-order valence-corrected chi connectivity index (χ0v) is 9.25. The Morgan fingerprint density at radius 2 is 2.29 bits per heavy atom.